The Balaban J connectivity index is 0.970. The predicted octanol–water partition coefficient (Wildman–Crippen LogP) is 16.9. The van der Waals surface area contributed by atoms with E-state index >= 15 is 0 Å². The smallest absolute Gasteiger partial charge is 0.0547 e. The number of aromatic nitrogens is 2. The molecule has 0 atom stereocenters. The summed E-state index contributed by atoms with van der Waals surface area (Å²) in [5, 5.41) is 7.63. The highest BCUT2D eigenvalue weighted by Crippen LogP contribution is 2.43. The van der Waals surface area contributed by atoms with Crippen molar-refractivity contribution in [3.8, 4) is 55.9 Å². The molecular weight excluding hydrogens is 781 g/mol. The maximum absolute atomic E-state index is 2.45. The van der Waals surface area contributed by atoms with Crippen LogP contribution in [-0.2, 0) is 0 Å². The van der Waals surface area contributed by atoms with Crippen LogP contribution in [0.2, 0.25) is 0 Å². The quantitative estimate of drug-likeness (QED) is 0.158. The van der Waals surface area contributed by atoms with Gasteiger partial charge in [0.2, 0.25) is 0 Å². The number of para-hydroxylation sites is 2. The molecule has 13 aromatic rings. The van der Waals surface area contributed by atoms with Crippen LogP contribution in [0.5, 0.6) is 0 Å². The van der Waals surface area contributed by atoms with Gasteiger partial charge in [0, 0.05) is 53.0 Å². The number of rotatable bonds is 6. The van der Waals surface area contributed by atoms with Crippen molar-refractivity contribution >= 4 is 75.1 Å². The van der Waals surface area contributed by atoms with E-state index in [1.807, 2.05) is 11.3 Å². The van der Waals surface area contributed by atoms with E-state index in [4.69, 9.17) is 0 Å². The molecular formula is C60H38N2S. The molecule has 0 saturated carbocycles. The van der Waals surface area contributed by atoms with Crippen molar-refractivity contribution in [2.75, 3.05) is 0 Å². The van der Waals surface area contributed by atoms with E-state index in [1.165, 1.54) is 114 Å². The minimum absolute atomic E-state index is 1.14. The molecule has 3 aromatic heterocycles. The highest BCUT2D eigenvalue weighted by molar-refractivity contribution is 7.25. The third-order valence-corrected chi connectivity index (χ3v) is 14.1. The van der Waals surface area contributed by atoms with Gasteiger partial charge in [-0.2, -0.15) is 0 Å². The summed E-state index contributed by atoms with van der Waals surface area (Å²) in [7, 11) is 0. The molecule has 63 heavy (non-hydrogen) atoms. The normalized spacial score (nSPS) is 11.8. The number of fused-ring (bicyclic) bond motifs is 9. The Morgan fingerprint density at radius 2 is 0.794 bits per heavy atom. The maximum Gasteiger partial charge on any atom is 0.0547 e. The summed E-state index contributed by atoms with van der Waals surface area (Å²) in [6, 6.07) is 84.7. The Morgan fingerprint density at radius 3 is 1.59 bits per heavy atom. The first-order valence-electron chi connectivity index (χ1n) is 21.6. The molecule has 0 amide bonds. The van der Waals surface area contributed by atoms with Crippen molar-refractivity contribution in [2.24, 2.45) is 0 Å². The van der Waals surface area contributed by atoms with Gasteiger partial charge in [-0.1, -0.05) is 158 Å². The topological polar surface area (TPSA) is 9.86 Å². The lowest BCUT2D eigenvalue weighted by Crippen LogP contribution is -1.97. The molecule has 2 nitrogen and oxygen atoms in total. The Morgan fingerprint density at radius 1 is 0.270 bits per heavy atom. The van der Waals surface area contributed by atoms with Gasteiger partial charge >= 0.3 is 0 Å². The van der Waals surface area contributed by atoms with E-state index in [9.17, 15) is 0 Å². The highest BCUT2D eigenvalue weighted by Gasteiger charge is 2.20. The lowest BCUT2D eigenvalue weighted by molar-refractivity contribution is 1.18. The van der Waals surface area contributed by atoms with Crippen molar-refractivity contribution in [2.45, 2.75) is 0 Å². The van der Waals surface area contributed by atoms with Crippen LogP contribution in [0.1, 0.15) is 0 Å². The molecule has 0 unspecified atom stereocenters. The van der Waals surface area contributed by atoms with Crippen molar-refractivity contribution in [1.29, 1.82) is 0 Å². The first kappa shape index (κ1) is 35.7. The van der Waals surface area contributed by atoms with Gasteiger partial charge in [0.25, 0.3) is 0 Å². The zero-order chi connectivity index (χ0) is 41.4. The summed E-state index contributed by atoms with van der Waals surface area (Å²) < 4.78 is 7.54. The summed E-state index contributed by atoms with van der Waals surface area (Å²) in [6.45, 7) is 0. The molecule has 0 aliphatic rings. The molecule has 13 rings (SSSR count). The molecule has 0 radical (unpaired) electrons. The minimum Gasteiger partial charge on any atom is -0.309 e. The summed E-state index contributed by atoms with van der Waals surface area (Å²) >= 11 is 1.86. The lowest BCUT2D eigenvalue weighted by atomic mass is 9.97. The number of hydrogen-bond acceptors (Lipinski definition) is 1. The van der Waals surface area contributed by atoms with Crippen molar-refractivity contribution < 1.29 is 0 Å². The number of hydrogen-bond donors (Lipinski definition) is 0. The van der Waals surface area contributed by atoms with Crippen LogP contribution in [0.4, 0.5) is 0 Å². The van der Waals surface area contributed by atoms with E-state index in [2.05, 4.69) is 240 Å². The summed E-state index contributed by atoms with van der Waals surface area (Å²) in [5.41, 5.74) is 16.8. The Bertz CT molecular complexity index is 3890. The molecule has 0 N–H and O–H groups in total. The Kier molecular flexibility index (Phi) is 8.12. The van der Waals surface area contributed by atoms with Crippen molar-refractivity contribution in [3.63, 3.8) is 0 Å². The average molecular weight is 819 g/mol. The predicted molar refractivity (Wildman–Crippen MR) is 270 cm³/mol. The van der Waals surface area contributed by atoms with E-state index in [-0.39, 0.29) is 0 Å². The third kappa shape index (κ3) is 5.71. The third-order valence-electron chi connectivity index (χ3n) is 12.9. The van der Waals surface area contributed by atoms with Gasteiger partial charge in [0.15, 0.2) is 0 Å². The van der Waals surface area contributed by atoms with Gasteiger partial charge in [-0.05, 0) is 112 Å². The number of benzene rings is 10. The summed E-state index contributed by atoms with van der Waals surface area (Å²) in [6.07, 6.45) is 0. The van der Waals surface area contributed by atoms with E-state index in [0.717, 1.165) is 5.69 Å². The molecule has 0 saturated heterocycles. The minimum atomic E-state index is 1.14. The molecule has 0 bridgehead atoms. The largest absolute Gasteiger partial charge is 0.309 e. The molecule has 0 spiro atoms. The summed E-state index contributed by atoms with van der Waals surface area (Å²) in [5.74, 6) is 0. The van der Waals surface area contributed by atoms with Crippen LogP contribution in [-0.4, -0.2) is 9.13 Å². The molecule has 0 aliphatic heterocycles. The molecule has 0 aliphatic carbocycles. The van der Waals surface area contributed by atoms with Gasteiger partial charge in [0.05, 0.1) is 27.8 Å². The fourth-order valence-corrected chi connectivity index (χ4v) is 11.1. The van der Waals surface area contributed by atoms with Crippen molar-refractivity contribution in [3.05, 3.63) is 231 Å². The van der Waals surface area contributed by atoms with Gasteiger partial charge in [0.1, 0.15) is 0 Å². The van der Waals surface area contributed by atoms with E-state index < -0.39 is 0 Å². The lowest BCUT2D eigenvalue weighted by Gasteiger charge is -2.14. The van der Waals surface area contributed by atoms with Crippen LogP contribution < -0.4 is 0 Å². The first-order chi connectivity index (χ1) is 31.2. The van der Waals surface area contributed by atoms with E-state index in [1.54, 1.807) is 0 Å². The average Bonchev–Trinajstić information content (AvgIpc) is 4.01. The molecule has 0 fully saturated rings. The zero-order valence-electron chi connectivity index (χ0n) is 34.2. The fourth-order valence-electron chi connectivity index (χ4n) is 10.0. The van der Waals surface area contributed by atoms with Gasteiger partial charge in [-0.25, -0.2) is 0 Å². The molecule has 294 valence electrons. The maximum atomic E-state index is 2.45. The SMILES string of the molecule is c1ccc(-c2ccccc2-n2c3ccccc3c3cc(-c4ccc5c(c4)c4c(-c6ccccc6)cccc4n5-c4ccc(-c5ccc6sc7ccccc7c6c5)cc4)ccc32)cc1. The molecule has 10 aromatic carbocycles. The summed E-state index contributed by atoms with van der Waals surface area (Å²) in [4.78, 5) is 0. The van der Waals surface area contributed by atoms with Gasteiger partial charge < -0.3 is 9.13 Å². The van der Waals surface area contributed by atoms with Gasteiger partial charge in [-0.3, -0.25) is 0 Å². The highest BCUT2D eigenvalue weighted by atomic mass is 32.1. The zero-order valence-corrected chi connectivity index (χ0v) is 35.1. The van der Waals surface area contributed by atoms with Crippen molar-refractivity contribution in [1.82, 2.24) is 9.13 Å². The Labute approximate surface area is 368 Å². The van der Waals surface area contributed by atoms with Crippen LogP contribution in [0.15, 0.2) is 231 Å². The number of thiophene rings is 1. The van der Waals surface area contributed by atoms with Crippen LogP contribution in [0, 0.1) is 0 Å². The van der Waals surface area contributed by atoms with Crippen LogP contribution in [0.3, 0.4) is 0 Å². The first-order valence-corrected chi connectivity index (χ1v) is 22.4. The Hall–Kier alpha value is -7.98. The molecule has 3 heterocycles. The van der Waals surface area contributed by atoms with Gasteiger partial charge in [-0.15, -0.1) is 11.3 Å². The fraction of sp³-hybridized carbons (Fsp3) is 0. The second kappa shape index (κ2) is 14.3. The second-order valence-electron chi connectivity index (χ2n) is 16.5. The number of nitrogens with zero attached hydrogens (tertiary/aromatic N) is 2. The van der Waals surface area contributed by atoms with Crippen LogP contribution in [0.25, 0.3) is 120 Å². The van der Waals surface area contributed by atoms with E-state index in [0.29, 0.717) is 0 Å². The van der Waals surface area contributed by atoms with Crippen LogP contribution >= 0.6 is 11.3 Å². The second-order valence-corrected chi connectivity index (χ2v) is 17.5. The monoisotopic (exact) mass is 818 g/mol. The standard InChI is InChI=1S/C60H38N2S/c1-3-14-40(15-4-1)46-18-7-10-22-53(46)62-54-23-11-8-19-48(54)50-36-43(28-33-55(50)62)44-29-34-56-52(38-44)60-47(41-16-5-2-6-17-41)21-13-24-57(60)61(56)45-31-26-39(27-32-45)42-30-35-59-51(37-42)49-20-9-12-25-58(49)63-59/h1-38H. The molecule has 3 heteroatoms.